The number of benzene rings is 1. The molecule has 0 saturated heterocycles. The minimum Gasteiger partial charge on any atom is -0.439 e. The summed E-state index contributed by atoms with van der Waals surface area (Å²) in [6, 6.07) is 8.67. The molecule has 0 saturated carbocycles. The molecule has 1 aliphatic rings. The monoisotopic (exact) mass is 399 g/mol. The zero-order valence-corrected chi connectivity index (χ0v) is 15.8. The molecule has 1 heterocycles. The number of alkyl halides is 3. The number of aryl methyl sites for hydroxylation is 1. The number of fused-ring (bicyclic) bond motifs is 1. The third-order valence-electron chi connectivity index (χ3n) is 4.70. The zero-order chi connectivity index (χ0) is 19.8. The Morgan fingerprint density at radius 3 is 2.63 bits per heavy atom. The largest absolute Gasteiger partial charge is 0.439 e. The molecule has 0 N–H and O–H groups in total. The SMILES string of the molecule is CC(C)S(=O)(=O)CC1CCc2cc(Oc3cccc(C(F)(F)F)n3)ccc21. The average Bonchev–Trinajstić information content (AvgIpc) is 2.96. The molecule has 27 heavy (non-hydrogen) atoms. The predicted octanol–water partition coefficient (Wildman–Crippen LogP) is 4.75. The smallest absolute Gasteiger partial charge is 0.433 e. The van der Waals surface area contributed by atoms with E-state index in [0.717, 1.165) is 23.6 Å². The molecule has 0 aliphatic heterocycles. The van der Waals surface area contributed by atoms with Crippen LogP contribution in [0.2, 0.25) is 0 Å². The van der Waals surface area contributed by atoms with Crippen LogP contribution in [-0.4, -0.2) is 24.4 Å². The third kappa shape index (κ3) is 4.43. The minimum atomic E-state index is -4.54. The number of aromatic nitrogens is 1. The Morgan fingerprint density at radius 1 is 1.22 bits per heavy atom. The molecule has 0 amide bonds. The van der Waals surface area contributed by atoms with Gasteiger partial charge in [0.05, 0.1) is 11.0 Å². The summed E-state index contributed by atoms with van der Waals surface area (Å²) in [7, 11) is -3.15. The van der Waals surface area contributed by atoms with Crippen LogP contribution in [-0.2, 0) is 22.4 Å². The maximum atomic E-state index is 12.8. The van der Waals surface area contributed by atoms with Crippen molar-refractivity contribution in [2.75, 3.05) is 5.75 Å². The summed E-state index contributed by atoms with van der Waals surface area (Å²) in [5.41, 5.74) is 0.909. The van der Waals surface area contributed by atoms with Crippen molar-refractivity contribution in [2.45, 2.75) is 44.0 Å². The van der Waals surface area contributed by atoms with E-state index in [1.165, 1.54) is 12.1 Å². The second-order valence-corrected chi connectivity index (χ2v) is 9.54. The van der Waals surface area contributed by atoms with Gasteiger partial charge in [-0.05, 0) is 61.9 Å². The van der Waals surface area contributed by atoms with E-state index in [2.05, 4.69) is 4.98 Å². The van der Waals surface area contributed by atoms with Gasteiger partial charge >= 0.3 is 6.18 Å². The van der Waals surface area contributed by atoms with Gasteiger partial charge in [-0.1, -0.05) is 12.1 Å². The first kappa shape index (κ1) is 19.7. The maximum Gasteiger partial charge on any atom is 0.433 e. The van der Waals surface area contributed by atoms with Crippen molar-refractivity contribution in [1.82, 2.24) is 4.98 Å². The first-order valence-electron chi connectivity index (χ1n) is 8.63. The van der Waals surface area contributed by atoms with E-state index in [1.54, 1.807) is 32.0 Å². The molecule has 1 atom stereocenters. The normalized spacial score (nSPS) is 17.2. The predicted molar refractivity (Wildman–Crippen MR) is 95.7 cm³/mol. The molecule has 1 aromatic carbocycles. The zero-order valence-electron chi connectivity index (χ0n) is 15.0. The second-order valence-electron chi connectivity index (χ2n) is 6.94. The van der Waals surface area contributed by atoms with Crippen LogP contribution in [0.1, 0.15) is 43.0 Å². The number of hydrogen-bond acceptors (Lipinski definition) is 4. The Hall–Kier alpha value is -2.09. The topological polar surface area (TPSA) is 56.3 Å². The van der Waals surface area contributed by atoms with Crippen molar-refractivity contribution in [3.63, 3.8) is 0 Å². The highest BCUT2D eigenvalue weighted by Gasteiger charge is 2.33. The summed E-state index contributed by atoms with van der Waals surface area (Å²) < 4.78 is 68.1. The quantitative estimate of drug-likeness (QED) is 0.728. The van der Waals surface area contributed by atoms with Gasteiger partial charge in [0.15, 0.2) is 9.84 Å². The second kappa shape index (κ2) is 7.14. The lowest BCUT2D eigenvalue weighted by Gasteiger charge is -2.15. The Kier molecular flexibility index (Phi) is 5.20. The Balaban J connectivity index is 1.78. The number of ether oxygens (including phenoxy) is 1. The van der Waals surface area contributed by atoms with Crippen molar-refractivity contribution in [3.8, 4) is 11.6 Å². The summed E-state index contributed by atoms with van der Waals surface area (Å²) in [6.45, 7) is 3.34. The van der Waals surface area contributed by atoms with Crippen molar-refractivity contribution in [3.05, 3.63) is 53.2 Å². The van der Waals surface area contributed by atoms with Crippen molar-refractivity contribution >= 4 is 9.84 Å². The number of nitrogens with zero attached hydrogens (tertiary/aromatic N) is 1. The van der Waals surface area contributed by atoms with Crippen LogP contribution in [0.3, 0.4) is 0 Å². The highest BCUT2D eigenvalue weighted by molar-refractivity contribution is 7.92. The van der Waals surface area contributed by atoms with Crippen LogP contribution in [0.5, 0.6) is 11.6 Å². The molecule has 0 radical (unpaired) electrons. The lowest BCUT2D eigenvalue weighted by molar-refractivity contribution is -0.141. The Bertz CT molecular complexity index is 939. The summed E-state index contributed by atoms with van der Waals surface area (Å²) in [6.07, 6.45) is -3.10. The first-order valence-corrected chi connectivity index (χ1v) is 10.3. The van der Waals surface area contributed by atoms with E-state index >= 15 is 0 Å². The number of halogens is 3. The fraction of sp³-hybridized carbons (Fsp3) is 0.421. The van der Waals surface area contributed by atoms with Crippen molar-refractivity contribution in [1.29, 1.82) is 0 Å². The van der Waals surface area contributed by atoms with Gasteiger partial charge in [0, 0.05) is 6.07 Å². The van der Waals surface area contributed by atoms with Gasteiger partial charge in [0.1, 0.15) is 11.4 Å². The lowest BCUT2D eigenvalue weighted by atomic mass is 10.0. The molecule has 4 nitrogen and oxygen atoms in total. The molecule has 2 aromatic rings. The van der Waals surface area contributed by atoms with Crippen molar-refractivity contribution < 1.29 is 26.3 Å². The lowest BCUT2D eigenvalue weighted by Crippen LogP contribution is -2.21. The summed E-state index contributed by atoms with van der Waals surface area (Å²) in [4.78, 5) is 3.49. The van der Waals surface area contributed by atoms with Crippen LogP contribution >= 0.6 is 0 Å². The molecule has 1 unspecified atom stereocenters. The van der Waals surface area contributed by atoms with Gasteiger partial charge in [-0.25, -0.2) is 13.4 Å². The molecule has 0 spiro atoms. The molecular weight excluding hydrogens is 379 g/mol. The molecule has 1 aliphatic carbocycles. The fourth-order valence-electron chi connectivity index (χ4n) is 3.14. The minimum absolute atomic E-state index is 0.0619. The Morgan fingerprint density at radius 2 is 1.96 bits per heavy atom. The molecular formula is C19H20F3NO3S. The van der Waals surface area contributed by atoms with Gasteiger partial charge in [0.25, 0.3) is 0 Å². The van der Waals surface area contributed by atoms with Gasteiger partial charge in [0.2, 0.25) is 5.88 Å². The van der Waals surface area contributed by atoms with Gasteiger partial charge in [-0.3, -0.25) is 0 Å². The molecule has 146 valence electrons. The average molecular weight is 399 g/mol. The molecule has 0 bridgehead atoms. The molecule has 8 heteroatoms. The van der Waals surface area contributed by atoms with Gasteiger partial charge < -0.3 is 4.74 Å². The van der Waals surface area contributed by atoms with Crippen LogP contribution in [0.25, 0.3) is 0 Å². The van der Waals surface area contributed by atoms with Crippen LogP contribution in [0, 0.1) is 0 Å². The van der Waals surface area contributed by atoms with E-state index < -0.39 is 27.0 Å². The van der Waals surface area contributed by atoms with Crippen LogP contribution in [0.15, 0.2) is 36.4 Å². The molecule has 3 rings (SSSR count). The fourth-order valence-corrected chi connectivity index (χ4v) is 4.43. The number of sulfone groups is 1. The highest BCUT2D eigenvalue weighted by Crippen LogP contribution is 2.37. The summed E-state index contributed by atoms with van der Waals surface area (Å²) in [5.74, 6) is 0.287. The summed E-state index contributed by atoms with van der Waals surface area (Å²) in [5, 5.41) is -0.420. The molecule has 1 aromatic heterocycles. The number of hydrogen-bond donors (Lipinski definition) is 0. The van der Waals surface area contributed by atoms with Crippen LogP contribution in [0.4, 0.5) is 13.2 Å². The van der Waals surface area contributed by atoms with E-state index in [9.17, 15) is 21.6 Å². The van der Waals surface area contributed by atoms with Crippen molar-refractivity contribution in [2.24, 2.45) is 0 Å². The highest BCUT2D eigenvalue weighted by atomic mass is 32.2. The van der Waals surface area contributed by atoms with Gasteiger partial charge in [-0.15, -0.1) is 0 Å². The third-order valence-corrected chi connectivity index (χ3v) is 7.01. The summed E-state index contributed by atoms with van der Waals surface area (Å²) >= 11 is 0. The molecule has 0 fully saturated rings. The standard InChI is InChI=1S/C19H20F3NO3S/c1-12(2)27(24,25)11-14-7-6-13-10-15(8-9-16(13)14)26-18-5-3-4-17(23-18)19(20,21)22/h3-5,8-10,12,14H,6-7,11H2,1-2H3. The van der Waals surface area contributed by atoms with E-state index in [0.29, 0.717) is 12.2 Å². The number of pyridine rings is 1. The van der Waals surface area contributed by atoms with E-state index in [1.807, 2.05) is 0 Å². The Labute approximate surface area is 156 Å². The maximum absolute atomic E-state index is 12.8. The van der Waals surface area contributed by atoms with Crippen LogP contribution < -0.4 is 4.74 Å². The first-order chi connectivity index (χ1) is 12.6. The van der Waals surface area contributed by atoms with E-state index in [4.69, 9.17) is 4.74 Å². The van der Waals surface area contributed by atoms with Gasteiger partial charge in [-0.2, -0.15) is 13.2 Å². The van der Waals surface area contributed by atoms with E-state index in [-0.39, 0.29) is 17.6 Å². The number of rotatable bonds is 5.